The highest BCUT2D eigenvalue weighted by Gasteiger charge is 2.19. The number of hydrogen-bond acceptors (Lipinski definition) is 2. The maximum Gasteiger partial charge on any atom is 0.0540 e. The van der Waals surface area contributed by atoms with Crippen LogP contribution < -0.4 is 4.90 Å². The summed E-state index contributed by atoms with van der Waals surface area (Å²) in [5, 5.41) is 5.21. The number of fused-ring (bicyclic) bond motifs is 4. The Balaban J connectivity index is 1.09. The van der Waals surface area contributed by atoms with Gasteiger partial charge < -0.3 is 4.90 Å². The van der Waals surface area contributed by atoms with Gasteiger partial charge in [-0.2, -0.15) is 0 Å². The summed E-state index contributed by atoms with van der Waals surface area (Å²) in [4.78, 5) is 2.39. The second-order valence-corrected chi connectivity index (χ2v) is 14.8. The number of nitrogens with zero attached hydrogens (tertiary/aromatic N) is 1. The number of thiophene rings is 1. The van der Waals surface area contributed by atoms with Crippen molar-refractivity contribution in [2.24, 2.45) is 0 Å². The van der Waals surface area contributed by atoms with Crippen molar-refractivity contribution in [2.75, 3.05) is 4.90 Å². The molecule has 10 rings (SSSR count). The molecule has 0 N–H and O–H groups in total. The van der Waals surface area contributed by atoms with Gasteiger partial charge in [-0.25, -0.2) is 0 Å². The first-order valence-corrected chi connectivity index (χ1v) is 19.2. The molecule has 0 radical (unpaired) electrons. The maximum absolute atomic E-state index is 2.39. The highest BCUT2D eigenvalue weighted by Crippen LogP contribution is 2.44. The zero-order chi connectivity index (χ0) is 35.8. The summed E-state index contributed by atoms with van der Waals surface area (Å²) in [5.41, 5.74) is 13.0. The van der Waals surface area contributed by atoms with Gasteiger partial charge in [0.25, 0.3) is 0 Å². The Labute approximate surface area is 319 Å². The van der Waals surface area contributed by atoms with Crippen LogP contribution in [0.15, 0.2) is 212 Å². The Hall–Kier alpha value is -6.74. The first-order valence-electron chi connectivity index (χ1n) is 18.4. The van der Waals surface area contributed by atoms with Crippen LogP contribution in [0.4, 0.5) is 17.1 Å². The third kappa shape index (κ3) is 5.84. The molecule has 9 aromatic carbocycles. The van der Waals surface area contributed by atoms with Gasteiger partial charge in [0.1, 0.15) is 0 Å². The zero-order valence-corrected chi connectivity index (χ0v) is 30.4. The van der Waals surface area contributed by atoms with Gasteiger partial charge in [0, 0.05) is 37.1 Å². The fraction of sp³-hybridized carbons (Fsp3) is 0. The number of benzene rings is 9. The molecule has 0 unspecified atom stereocenters. The summed E-state index contributed by atoms with van der Waals surface area (Å²) in [7, 11) is 0. The molecule has 0 aliphatic rings. The third-order valence-corrected chi connectivity index (χ3v) is 11.6. The minimum atomic E-state index is 1.10. The molecular formula is C52H35NS. The average Bonchev–Trinajstić information content (AvgIpc) is 3.62. The molecule has 0 saturated heterocycles. The van der Waals surface area contributed by atoms with Gasteiger partial charge in [0.15, 0.2) is 0 Å². The second kappa shape index (κ2) is 13.7. The average molecular weight is 706 g/mol. The minimum Gasteiger partial charge on any atom is -0.310 e. The quantitative estimate of drug-likeness (QED) is 0.160. The van der Waals surface area contributed by atoms with Gasteiger partial charge in [-0.1, -0.05) is 164 Å². The Bertz CT molecular complexity index is 2890. The van der Waals surface area contributed by atoms with E-state index in [1.54, 1.807) is 0 Å². The molecule has 0 bridgehead atoms. The van der Waals surface area contributed by atoms with Gasteiger partial charge in [0.2, 0.25) is 0 Å². The molecular weight excluding hydrogens is 671 g/mol. The number of rotatable bonds is 7. The molecule has 0 saturated carbocycles. The predicted molar refractivity (Wildman–Crippen MR) is 233 cm³/mol. The van der Waals surface area contributed by atoms with E-state index in [1.807, 2.05) is 11.3 Å². The lowest BCUT2D eigenvalue weighted by atomic mass is 9.97. The van der Waals surface area contributed by atoms with Crippen molar-refractivity contribution >= 4 is 59.3 Å². The molecule has 1 heterocycles. The first kappa shape index (κ1) is 32.0. The topological polar surface area (TPSA) is 3.24 Å². The number of para-hydroxylation sites is 1. The van der Waals surface area contributed by atoms with E-state index >= 15 is 0 Å². The van der Waals surface area contributed by atoms with Crippen molar-refractivity contribution in [3.8, 4) is 44.5 Å². The van der Waals surface area contributed by atoms with Crippen LogP contribution in [0, 0.1) is 0 Å². The molecule has 0 atom stereocenters. The van der Waals surface area contributed by atoms with E-state index in [9.17, 15) is 0 Å². The van der Waals surface area contributed by atoms with Gasteiger partial charge >= 0.3 is 0 Å². The van der Waals surface area contributed by atoms with Crippen molar-refractivity contribution in [1.29, 1.82) is 0 Å². The molecule has 254 valence electrons. The van der Waals surface area contributed by atoms with E-state index in [2.05, 4.69) is 217 Å². The van der Waals surface area contributed by atoms with Crippen molar-refractivity contribution in [1.82, 2.24) is 0 Å². The van der Waals surface area contributed by atoms with Gasteiger partial charge in [0.05, 0.1) is 5.69 Å². The lowest BCUT2D eigenvalue weighted by Crippen LogP contribution is -2.11. The summed E-state index contributed by atoms with van der Waals surface area (Å²) in [6.07, 6.45) is 0. The van der Waals surface area contributed by atoms with Crippen molar-refractivity contribution in [2.45, 2.75) is 0 Å². The van der Waals surface area contributed by atoms with Crippen LogP contribution in [0.1, 0.15) is 0 Å². The second-order valence-electron chi connectivity index (χ2n) is 13.7. The summed E-state index contributed by atoms with van der Waals surface area (Å²) in [6, 6.07) is 77.0. The molecule has 1 aromatic heterocycles. The van der Waals surface area contributed by atoms with E-state index in [4.69, 9.17) is 0 Å². The van der Waals surface area contributed by atoms with E-state index < -0.39 is 0 Å². The summed E-state index contributed by atoms with van der Waals surface area (Å²) < 4.78 is 2.64. The Morgan fingerprint density at radius 3 is 1.43 bits per heavy atom. The molecule has 10 aromatic rings. The van der Waals surface area contributed by atoms with Crippen LogP contribution in [-0.4, -0.2) is 0 Å². The lowest BCUT2D eigenvalue weighted by Gasteiger charge is -2.28. The van der Waals surface area contributed by atoms with Crippen LogP contribution in [0.2, 0.25) is 0 Å². The Morgan fingerprint density at radius 1 is 0.315 bits per heavy atom. The molecule has 0 aliphatic heterocycles. The SMILES string of the molecule is c1ccc(-c2ccc(-c3ccccc3N(c3ccc(-c4ccccc4)cc3)c3ccc(-c4cccc5sc6cc7ccccc7cc6c45)cc3)cc2)cc1. The molecule has 0 amide bonds. The van der Waals surface area contributed by atoms with Crippen molar-refractivity contribution in [3.05, 3.63) is 212 Å². The smallest absolute Gasteiger partial charge is 0.0540 e. The van der Waals surface area contributed by atoms with Gasteiger partial charge in [-0.15, -0.1) is 11.3 Å². The largest absolute Gasteiger partial charge is 0.310 e. The fourth-order valence-corrected chi connectivity index (χ4v) is 8.95. The summed E-state index contributed by atoms with van der Waals surface area (Å²) >= 11 is 1.88. The van der Waals surface area contributed by atoms with Gasteiger partial charge in [-0.05, 0) is 98.2 Å². The predicted octanol–water partition coefficient (Wildman–Crippen LogP) is 15.3. The van der Waals surface area contributed by atoms with Crippen LogP contribution in [0.5, 0.6) is 0 Å². The van der Waals surface area contributed by atoms with Crippen LogP contribution in [0.25, 0.3) is 75.5 Å². The van der Waals surface area contributed by atoms with Crippen molar-refractivity contribution < 1.29 is 0 Å². The Morgan fingerprint density at radius 2 is 0.778 bits per heavy atom. The zero-order valence-electron chi connectivity index (χ0n) is 29.6. The monoisotopic (exact) mass is 705 g/mol. The summed E-state index contributed by atoms with van der Waals surface area (Å²) in [5.74, 6) is 0. The highest BCUT2D eigenvalue weighted by molar-refractivity contribution is 7.26. The van der Waals surface area contributed by atoms with Crippen molar-refractivity contribution in [3.63, 3.8) is 0 Å². The number of anilines is 3. The standard InChI is InChI=1S/C52H35NS/c1-3-12-36(13-4-1)38-22-24-40(25-23-38)46-18-9-10-20-49(46)53(44-30-26-39(27-31-44)37-14-5-2-6-15-37)45-32-28-41(29-33-45)47-19-11-21-50-52(47)48-34-42-16-7-8-17-43(42)35-51(48)54-50/h1-35H. The van der Waals surface area contributed by atoms with Gasteiger partial charge in [-0.3, -0.25) is 0 Å². The van der Waals surface area contributed by atoms with Crippen LogP contribution in [-0.2, 0) is 0 Å². The van der Waals surface area contributed by atoms with E-state index in [0.717, 1.165) is 17.1 Å². The van der Waals surface area contributed by atoms with Crippen LogP contribution >= 0.6 is 11.3 Å². The van der Waals surface area contributed by atoms with E-state index in [0.29, 0.717) is 0 Å². The normalized spacial score (nSPS) is 11.3. The highest BCUT2D eigenvalue weighted by atomic mass is 32.1. The lowest BCUT2D eigenvalue weighted by molar-refractivity contribution is 1.28. The number of hydrogen-bond donors (Lipinski definition) is 0. The molecule has 54 heavy (non-hydrogen) atoms. The first-order chi connectivity index (χ1) is 26.8. The van der Waals surface area contributed by atoms with Crippen LogP contribution in [0.3, 0.4) is 0 Å². The summed E-state index contributed by atoms with van der Waals surface area (Å²) in [6.45, 7) is 0. The molecule has 2 heteroatoms. The Kier molecular flexibility index (Phi) is 8.09. The fourth-order valence-electron chi connectivity index (χ4n) is 7.79. The minimum absolute atomic E-state index is 1.10. The third-order valence-electron chi connectivity index (χ3n) is 10.5. The van der Waals surface area contributed by atoms with E-state index in [1.165, 1.54) is 75.5 Å². The van der Waals surface area contributed by atoms with E-state index in [-0.39, 0.29) is 0 Å². The molecule has 0 aliphatic carbocycles. The molecule has 0 spiro atoms. The molecule has 0 fully saturated rings. The molecule has 1 nitrogen and oxygen atoms in total. The maximum atomic E-state index is 2.39.